The second kappa shape index (κ2) is 8.96. The van der Waals surface area contributed by atoms with Crippen LogP contribution in [-0.4, -0.2) is 43.0 Å². The maximum absolute atomic E-state index is 12.4. The highest BCUT2D eigenvalue weighted by molar-refractivity contribution is 5.95. The van der Waals surface area contributed by atoms with Crippen molar-refractivity contribution in [3.8, 4) is 11.5 Å². The molecule has 7 heteroatoms. The molecule has 1 fully saturated rings. The number of likely N-dealkylation sites (tertiary alicyclic amines) is 1. The molecular formula is C22H25N3O4. The summed E-state index contributed by atoms with van der Waals surface area (Å²) in [6, 6.07) is 15.0. The van der Waals surface area contributed by atoms with E-state index in [0.717, 1.165) is 42.9 Å². The molecule has 1 atom stereocenters. The summed E-state index contributed by atoms with van der Waals surface area (Å²) in [6.45, 7) is 2.36. The standard InChI is InChI=1S/C22H25N3O4/c26-21(23-24-22(27)16-6-2-1-3-7-16)15-25-11-4-8-18(25)17-9-10-19-20(14-17)29-13-5-12-28-19/h1-3,6-7,9-10,14,18H,4-5,8,11-13,15H2,(H,23,26)(H,24,27)/t18-/m0/s1. The molecule has 0 bridgehead atoms. The first-order valence-corrected chi connectivity index (χ1v) is 9.98. The van der Waals surface area contributed by atoms with Gasteiger partial charge in [0.25, 0.3) is 11.8 Å². The molecule has 152 valence electrons. The maximum Gasteiger partial charge on any atom is 0.269 e. The molecule has 2 aromatic rings. The molecule has 2 aliphatic rings. The number of carbonyl (C=O) groups excluding carboxylic acids is 2. The molecule has 0 aromatic heterocycles. The molecule has 29 heavy (non-hydrogen) atoms. The van der Waals surface area contributed by atoms with Crippen molar-refractivity contribution >= 4 is 11.8 Å². The number of fused-ring (bicyclic) bond motifs is 1. The fourth-order valence-corrected chi connectivity index (χ4v) is 3.79. The Bertz CT molecular complexity index is 872. The topological polar surface area (TPSA) is 79.9 Å². The van der Waals surface area contributed by atoms with Crippen LogP contribution >= 0.6 is 0 Å². The summed E-state index contributed by atoms with van der Waals surface area (Å²) < 4.78 is 11.5. The lowest BCUT2D eigenvalue weighted by atomic mass is 10.0. The molecule has 2 N–H and O–H groups in total. The van der Waals surface area contributed by atoms with Crippen LogP contribution in [0.25, 0.3) is 0 Å². The minimum atomic E-state index is -0.333. The number of nitrogens with one attached hydrogen (secondary N) is 2. The molecule has 2 heterocycles. The van der Waals surface area contributed by atoms with Crippen molar-refractivity contribution in [3.63, 3.8) is 0 Å². The van der Waals surface area contributed by atoms with Crippen molar-refractivity contribution in [3.05, 3.63) is 59.7 Å². The zero-order chi connectivity index (χ0) is 20.1. The zero-order valence-corrected chi connectivity index (χ0v) is 16.2. The number of hydrogen-bond donors (Lipinski definition) is 2. The molecular weight excluding hydrogens is 370 g/mol. The van der Waals surface area contributed by atoms with Crippen molar-refractivity contribution in [2.75, 3.05) is 26.3 Å². The van der Waals surface area contributed by atoms with Crippen LogP contribution in [-0.2, 0) is 4.79 Å². The zero-order valence-electron chi connectivity index (χ0n) is 16.2. The van der Waals surface area contributed by atoms with Crippen molar-refractivity contribution in [2.45, 2.75) is 25.3 Å². The molecule has 4 rings (SSSR count). The molecule has 2 aromatic carbocycles. The SMILES string of the molecule is O=C(CN1CCC[C@H]1c1ccc2c(c1)OCCCO2)NNC(=O)c1ccccc1. The average molecular weight is 395 g/mol. The van der Waals surface area contributed by atoms with Crippen LogP contribution < -0.4 is 20.3 Å². The Morgan fingerprint density at radius 3 is 2.59 bits per heavy atom. The van der Waals surface area contributed by atoms with E-state index in [1.165, 1.54) is 0 Å². The summed E-state index contributed by atoms with van der Waals surface area (Å²) in [5.74, 6) is 0.971. The Morgan fingerprint density at radius 2 is 1.76 bits per heavy atom. The first-order chi connectivity index (χ1) is 14.2. The van der Waals surface area contributed by atoms with Gasteiger partial charge in [-0.1, -0.05) is 24.3 Å². The van der Waals surface area contributed by atoms with Crippen LogP contribution in [0.1, 0.15) is 41.2 Å². The Morgan fingerprint density at radius 1 is 0.966 bits per heavy atom. The molecule has 1 saturated heterocycles. The van der Waals surface area contributed by atoms with E-state index < -0.39 is 0 Å². The minimum absolute atomic E-state index is 0.141. The first kappa shape index (κ1) is 19.3. The van der Waals surface area contributed by atoms with Gasteiger partial charge >= 0.3 is 0 Å². The van der Waals surface area contributed by atoms with Gasteiger partial charge in [0.15, 0.2) is 11.5 Å². The van der Waals surface area contributed by atoms with E-state index in [0.29, 0.717) is 18.8 Å². The van der Waals surface area contributed by atoms with E-state index in [-0.39, 0.29) is 24.4 Å². The van der Waals surface area contributed by atoms with Gasteiger partial charge < -0.3 is 9.47 Å². The van der Waals surface area contributed by atoms with E-state index in [9.17, 15) is 9.59 Å². The fraction of sp³-hybridized carbons (Fsp3) is 0.364. The second-order valence-electron chi connectivity index (χ2n) is 7.25. The smallest absolute Gasteiger partial charge is 0.269 e. The molecule has 7 nitrogen and oxygen atoms in total. The monoisotopic (exact) mass is 395 g/mol. The van der Waals surface area contributed by atoms with Gasteiger partial charge in [-0.15, -0.1) is 0 Å². The van der Waals surface area contributed by atoms with E-state index in [2.05, 4.69) is 15.8 Å². The van der Waals surface area contributed by atoms with Crippen molar-refractivity contribution in [1.29, 1.82) is 0 Å². The predicted molar refractivity (Wildman–Crippen MR) is 108 cm³/mol. The summed E-state index contributed by atoms with van der Waals surface area (Å²) in [5.41, 5.74) is 6.60. The first-order valence-electron chi connectivity index (χ1n) is 9.98. The minimum Gasteiger partial charge on any atom is -0.490 e. The number of amides is 2. The van der Waals surface area contributed by atoms with Crippen LogP contribution in [0.4, 0.5) is 0 Å². The summed E-state index contributed by atoms with van der Waals surface area (Å²) in [4.78, 5) is 26.6. The summed E-state index contributed by atoms with van der Waals surface area (Å²) in [5, 5.41) is 0. The highest BCUT2D eigenvalue weighted by atomic mass is 16.5. The Hall–Kier alpha value is -3.06. The lowest BCUT2D eigenvalue weighted by molar-refractivity contribution is -0.123. The van der Waals surface area contributed by atoms with E-state index in [1.807, 2.05) is 24.3 Å². The predicted octanol–water partition coefficient (Wildman–Crippen LogP) is 2.45. The van der Waals surface area contributed by atoms with Gasteiger partial charge in [-0.05, 0) is 49.2 Å². The molecule has 2 aliphatic heterocycles. The Balaban J connectivity index is 1.35. The summed E-state index contributed by atoms with van der Waals surface area (Å²) in [7, 11) is 0. The van der Waals surface area contributed by atoms with E-state index >= 15 is 0 Å². The Kier molecular flexibility index (Phi) is 5.95. The molecule has 0 saturated carbocycles. The van der Waals surface area contributed by atoms with Gasteiger partial charge in [-0.3, -0.25) is 25.3 Å². The third-order valence-electron chi connectivity index (χ3n) is 5.22. The number of ether oxygens (including phenoxy) is 2. The van der Waals surface area contributed by atoms with Crippen LogP contribution in [0.15, 0.2) is 48.5 Å². The lowest BCUT2D eigenvalue weighted by Gasteiger charge is -2.25. The summed E-state index contributed by atoms with van der Waals surface area (Å²) in [6.07, 6.45) is 2.86. The average Bonchev–Trinajstić information content (AvgIpc) is 3.07. The van der Waals surface area contributed by atoms with Crippen molar-refractivity contribution in [2.24, 2.45) is 0 Å². The number of benzene rings is 2. The largest absolute Gasteiger partial charge is 0.490 e. The third kappa shape index (κ3) is 4.68. The third-order valence-corrected chi connectivity index (χ3v) is 5.22. The lowest BCUT2D eigenvalue weighted by Crippen LogP contribution is -2.46. The van der Waals surface area contributed by atoms with Gasteiger partial charge in [0.05, 0.1) is 19.8 Å². The molecule has 0 aliphatic carbocycles. The van der Waals surface area contributed by atoms with Crippen LogP contribution in [0, 0.1) is 0 Å². The van der Waals surface area contributed by atoms with Crippen LogP contribution in [0.2, 0.25) is 0 Å². The number of carbonyl (C=O) groups is 2. The second-order valence-corrected chi connectivity index (χ2v) is 7.25. The van der Waals surface area contributed by atoms with E-state index in [4.69, 9.17) is 9.47 Å². The number of nitrogens with zero attached hydrogens (tertiary/aromatic N) is 1. The van der Waals surface area contributed by atoms with Gasteiger partial charge in [-0.2, -0.15) is 0 Å². The fourth-order valence-electron chi connectivity index (χ4n) is 3.79. The van der Waals surface area contributed by atoms with Gasteiger partial charge in [0, 0.05) is 18.0 Å². The molecule has 0 unspecified atom stereocenters. The van der Waals surface area contributed by atoms with Gasteiger partial charge in [-0.25, -0.2) is 0 Å². The van der Waals surface area contributed by atoms with E-state index in [1.54, 1.807) is 24.3 Å². The number of rotatable bonds is 4. The van der Waals surface area contributed by atoms with Crippen molar-refractivity contribution in [1.82, 2.24) is 15.8 Å². The quantitative estimate of drug-likeness (QED) is 0.778. The number of hydrogen-bond acceptors (Lipinski definition) is 5. The maximum atomic E-state index is 12.4. The van der Waals surface area contributed by atoms with Crippen LogP contribution in [0.3, 0.4) is 0 Å². The highest BCUT2D eigenvalue weighted by Gasteiger charge is 2.28. The van der Waals surface area contributed by atoms with Crippen molar-refractivity contribution < 1.29 is 19.1 Å². The summed E-state index contributed by atoms with van der Waals surface area (Å²) >= 11 is 0. The normalized spacial score (nSPS) is 18.7. The molecule has 0 spiro atoms. The van der Waals surface area contributed by atoms with Crippen LogP contribution in [0.5, 0.6) is 11.5 Å². The number of hydrazine groups is 1. The molecule has 0 radical (unpaired) electrons. The Labute approximate surface area is 170 Å². The van der Waals surface area contributed by atoms with Gasteiger partial charge in [0.1, 0.15) is 0 Å². The molecule has 2 amide bonds. The van der Waals surface area contributed by atoms with Gasteiger partial charge in [0.2, 0.25) is 0 Å². The highest BCUT2D eigenvalue weighted by Crippen LogP contribution is 2.37.